The first-order valence-electron chi connectivity index (χ1n) is 7.90. The molecule has 0 amide bonds. The quantitative estimate of drug-likeness (QED) is 0.600. The molecule has 0 atom stereocenters. The smallest absolute Gasteiger partial charge is 0.257 e. The number of benzene rings is 1. The van der Waals surface area contributed by atoms with Gasteiger partial charge in [0.1, 0.15) is 0 Å². The summed E-state index contributed by atoms with van der Waals surface area (Å²) in [6.07, 6.45) is 3.41. The van der Waals surface area contributed by atoms with Crippen molar-refractivity contribution in [3.05, 3.63) is 87.8 Å². The molecule has 4 aromatic rings. The van der Waals surface area contributed by atoms with E-state index in [0.717, 1.165) is 45.4 Å². The summed E-state index contributed by atoms with van der Waals surface area (Å²) >= 11 is 1.60. The Hall–Kier alpha value is -2.72. The summed E-state index contributed by atoms with van der Waals surface area (Å²) in [7, 11) is 0. The molecule has 0 saturated carbocycles. The van der Waals surface area contributed by atoms with Gasteiger partial charge in [0, 0.05) is 27.7 Å². The Bertz CT molecular complexity index is 1020. The second-order valence-electron chi connectivity index (χ2n) is 5.65. The molecule has 0 fully saturated rings. The molecule has 24 heavy (non-hydrogen) atoms. The number of H-pyrrole nitrogens is 1. The highest BCUT2D eigenvalue weighted by atomic mass is 32.1. The number of para-hydroxylation sites is 1. The predicted molar refractivity (Wildman–Crippen MR) is 99.5 cm³/mol. The summed E-state index contributed by atoms with van der Waals surface area (Å²) in [4.78, 5) is 21.1. The fraction of sp³-hybridized carbons (Fsp3) is 0.100. The van der Waals surface area contributed by atoms with Crippen molar-refractivity contribution in [1.29, 1.82) is 0 Å². The monoisotopic (exact) mass is 332 g/mol. The molecule has 3 heterocycles. The van der Waals surface area contributed by atoms with Crippen molar-refractivity contribution in [1.82, 2.24) is 9.97 Å². The maximum Gasteiger partial charge on any atom is 0.257 e. The molecule has 1 N–H and O–H groups in total. The lowest BCUT2D eigenvalue weighted by molar-refractivity contribution is 0.919. The molecule has 0 unspecified atom stereocenters. The Labute approximate surface area is 143 Å². The summed E-state index contributed by atoms with van der Waals surface area (Å²) in [6.45, 7) is 0. The molecule has 0 aliphatic heterocycles. The number of pyridine rings is 2. The van der Waals surface area contributed by atoms with E-state index in [4.69, 9.17) is 0 Å². The van der Waals surface area contributed by atoms with E-state index in [1.807, 2.05) is 60.1 Å². The van der Waals surface area contributed by atoms with E-state index in [1.165, 1.54) is 0 Å². The van der Waals surface area contributed by atoms with Gasteiger partial charge in [-0.05, 0) is 48.1 Å². The SMILES string of the molecule is O=c1[nH]c2ccccc2c(CCc2ccccn2)c1-c1cccs1. The fourth-order valence-electron chi connectivity index (χ4n) is 3.05. The van der Waals surface area contributed by atoms with Crippen LogP contribution in [0.1, 0.15) is 11.3 Å². The lowest BCUT2D eigenvalue weighted by Gasteiger charge is -2.11. The number of fused-ring (bicyclic) bond motifs is 1. The Morgan fingerprint density at radius 3 is 2.62 bits per heavy atom. The average Bonchev–Trinajstić information content (AvgIpc) is 3.14. The summed E-state index contributed by atoms with van der Waals surface area (Å²) in [5.74, 6) is 0. The highest BCUT2D eigenvalue weighted by Gasteiger charge is 2.15. The molecule has 1 aromatic carbocycles. The van der Waals surface area contributed by atoms with E-state index in [-0.39, 0.29) is 5.56 Å². The summed E-state index contributed by atoms with van der Waals surface area (Å²) in [5.41, 5.74) is 3.80. The van der Waals surface area contributed by atoms with E-state index >= 15 is 0 Å². The molecule has 0 radical (unpaired) electrons. The van der Waals surface area contributed by atoms with Gasteiger partial charge in [-0.15, -0.1) is 11.3 Å². The van der Waals surface area contributed by atoms with Gasteiger partial charge in [-0.25, -0.2) is 0 Å². The van der Waals surface area contributed by atoms with Crippen LogP contribution in [0.2, 0.25) is 0 Å². The fourth-order valence-corrected chi connectivity index (χ4v) is 3.85. The van der Waals surface area contributed by atoms with Crippen molar-refractivity contribution in [3.8, 4) is 10.4 Å². The lowest BCUT2D eigenvalue weighted by Crippen LogP contribution is -2.13. The van der Waals surface area contributed by atoms with Crippen LogP contribution in [0.15, 0.2) is 71.0 Å². The van der Waals surface area contributed by atoms with Crippen LogP contribution in [0, 0.1) is 0 Å². The Kier molecular flexibility index (Phi) is 3.97. The number of aromatic nitrogens is 2. The highest BCUT2D eigenvalue weighted by Crippen LogP contribution is 2.30. The zero-order valence-corrected chi connectivity index (χ0v) is 13.8. The Morgan fingerprint density at radius 2 is 1.83 bits per heavy atom. The van der Waals surface area contributed by atoms with Crippen molar-refractivity contribution >= 4 is 22.2 Å². The highest BCUT2D eigenvalue weighted by molar-refractivity contribution is 7.13. The molecule has 3 aromatic heterocycles. The molecular weight excluding hydrogens is 316 g/mol. The third kappa shape index (κ3) is 2.76. The first kappa shape index (κ1) is 14.8. The molecule has 118 valence electrons. The topological polar surface area (TPSA) is 45.8 Å². The van der Waals surface area contributed by atoms with E-state index in [9.17, 15) is 4.79 Å². The van der Waals surface area contributed by atoms with Gasteiger partial charge in [0.25, 0.3) is 5.56 Å². The number of rotatable bonds is 4. The van der Waals surface area contributed by atoms with Crippen LogP contribution in [-0.2, 0) is 12.8 Å². The maximum atomic E-state index is 12.7. The molecule has 0 saturated heterocycles. The van der Waals surface area contributed by atoms with Crippen molar-refractivity contribution in [2.24, 2.45) is 0 Å². The van der Waals surface area contributed by atoms with E-state index in [2.05, 4.69) is 16.0 Å². The minimum atomic E-state index is -0.0211. The number of hydrogen-bond acceptors (Lipinski definition) is 3. The second-order valence-corrected chi connectivity index (χ2v) is 6.60. The molecule has 3 nitrogen and oxygen atoms in total. The van der Waals surface area contributed by atoms with Crippen LogP contribution in [-0.4, -0.2) is 9.97 Å². The van der Waals surface area contributed by atoms with E-state index in [1.54, 1.807) is 11.3 Å². The number of nitrogens with one attached hydrogen (secondary N) is 1. The third-order valence-electron chi connectivity index (χ3n) is 4.15. The molecule has 0 aliphatic rings. The second kappa shape index (κ2) is 6.42. The first-order chi connectivity index (χ1) is 11.8. The minimum Gasteiger partial charge on any atom is -0.321 e. The Morgan fingerprint density at radius 1 is 0.958 bits per heavy atom. The summed E-state index contributed by atoms with van der Waals surface area (Å²) in [5, 5.41) is 3.11. The van der Waals surface area contributed by atoms with Gasteiger partial charge in [0.05, 0.1) is 5.56 Å². The number of hydrogen-bond donors (Lipinski definition) is 1. The third-order valence-corrected chi connectivity index (χ3v) is 5.04. The number of thiophene rings is 1. The van der Waals surface area contributed by atoms with Crippen molar-refractivity contribution < 1.29 is 0 Å². The summed E-state index contributed by atoms with van der Waals surface area (Å²) < 4.78 is 0. The van der Waals surface area contributed by atoms with Gasteiger partial charge in [-0.2, -0.15) is 0 Å². The maximum absolute atomic E-state index is 12.7. The van der Waals surface area contributed by atoms with Gasteiger partial charge in [0.15, 0.2) is 0 Å². The number of aryl methyl sites for hydroxylation is 2. The van der Waals surface area contributed by atoms with Crippen LogP contribution in [0.4, 0.5) is 0 Å². The predicted octanol–water partition coefficient (Wildman–Crippen LogP) is 4.44. The number of nitrogens with zero attached hydrogens (tertiary/aromatic N) is 1. The molecule has 0 aliphatic carbocycles. The van der Waals surface area contributed by atoms with E-state index in [0.29, 0.717) is 0 Å². The molecule has 4 heteroatoms. The zero-order chi connectivity index (χ0) is 16.4. The van der Waals surface area contributed by atoms with Gasteiger partial charge in [-0.1, -0.05) is 30.3 Å². The van der Waals surface area contributed by atoms with Crippen LogP contribution in [0.25, 0.3) is 21.3 Å². The normalized spacial score (nSPS) is 11.0. The van der Waals surface area contributed by atoms with Gasteiger partial charge >= 0.3 is 0 Å². The van der Waals surface area contributed by atoms with Crippen LogP contribution in [0.3, 0.4) is 0 Å². The molecule has 0 spiro atoms. The van der Waals surface area contributed by atoms with E-state index < -0.39 is 0 Å². The van der Waals surface area contributed by atoms with Crippen molar-refractivity contribution in [2.75, 3.05) is 0 Å². The number of aromatic amines is 1. The van der Waals surface area contributed by atoms with Crippen LogP contribution in [0.5, 0.6) is 0 Å². The largest absolute Gasteiger partial charge is 0.321 e. The molecule has 4 rings (SSSR count). The molecular formula is C20H16N2OS. The minimum absolute atomic E-state index is 0.0211. The lowest BCUT2D eigenvalue weighted by atomic mass is 9.97. The molecule has 0 bridgehead atoms. The zero-order valence-electron chi connectivity index (χ0n) is 13.0. The summed E-state index contributed by atoms with van der Waals surface area (Å²) in [6, 6.07) is 17.9. The first-order valence-corrected chi connectivity index (χ1v) is 8.78. The van der Waals surface area contributed by atoms with Crippen LogP contribution < -0.4 is 5.56 Å². The van der Waals surface area contributed by atoms with Crippen LogP contribution >= 0.6 is 11.3 Å². The Balaban J connectivity index is 1.87. The van der Waals surface area contributed by atoms with Gasteiger partial charge in [0.2, 0.25) is 0 Å². The average molecular weight is 332 g/mol. The van der Waals surface area contributed by atoms with Gasteiger partial charge in [-0.3, -0.25) is 9.78 Å². The van der Waals surface area contributed by atoms with Crippen molar-refractivity contribution in [2.45, 2.75) is 12.8 Å². The van der Waals surface area contributed by atoms with Gasteiger partial charge < -0.3 is 4.98 Å². The standard InChI is InChI=1S/C20H16N2OS/c23-20-19(18-9-5-13-24-18)16(11-10-14-6-3-4-12-21-14)15-7-1-2-8-17(15)22-20/h1-9,12-13H,10-11H2,(H,22,23). The van der Waals surface area contributed by atoms with Crippen molar-refractivity contribution in [3.63, 3.8) is 0 Å².